The van der Waals surface area contributed by atoms with E-state index in [9.17, 15) is 18.8 Å². The number of rotatable bonds is 5. The molecule has 0 aliphatic rings. The molecule has 0 unspecified atom stereocenters. The van der Waals surface area contributed by atoms with Gasteiger partial charge in [-0.15, -0.1) is 6.58 Å². The molecule has 3 aromatic rings. The zero-order chi connectivity index (χ0) is 18.7. The number of carbonyl (C=O) groups excluding carboxylic acids is 1. The molecule has 1 heterocycles. The number of benzene rings is 2. The lowest BCUT2D eigenvalue weighted by atomic mass is 10.1. The van der Waals surface area contributed by atoms with E-state index in [1.165, 1.54) is 36.4 Å². The number of halogens is 1. The van der Waals surface area contributed by atoms with Crippen molar-refractivity contribution in [2.24, 2.45) is 0 Å². The van der Waals surface area contributed by atoms with Crippen LogP contribution in [-0.2, 0) is 13.1 Å². The first kappa shape index (κ1) is 17.3. The maximum atomic E-state index is 12.9. The zero-order valence-corrected chi connectivity index (χ0v) is 13.8. The summed E-state index contributed by atoms with van der Waals surface area (Å²) in [4.78, 5) is 39.2. The first-order chi connectivity index (χ1) is 12.5. The van der Waals surface area contributed by atoms with Gasteiger partial charge in [0.25, 0.3) is 11.5 Å². The second-order valence-electron chi connectivity index (χ2n) is 5.70. The third kappa shape index (κ3) is 3.46. The largest absolute Gasteiger partial charge is 0.348 e. The van der Waals surface area contributed by atoms with Crippen molar-refractivity contribution in [1.29, 1.82) is 0 Å². The Hall–Kier alpha value is -3.48. The van der Waals surface area contributed by atoms with Gasteiger partial charge in [-0.3, -0.25) is 14.2 Å². The monoisotopic (exact) mass is 353 g/mol. The molecule has 2 N–H and O–H groups in total. The molecule has 0 bridgehead atoms. The van der Waals surface area contributed by atoms with Crippen LogP contribution in [0.1, 0.15) is 15.9 Å². The molecule has 0 aliphatic heterocycles. The van der Waals surface area contributed by atoms with Gasteiger partial charge in [0.2, 0.25) is 0 Å². The molecule has 7 heteroatoms. The number of nitrogens with one attached hydrogen (secondary N) is 2. The second-order valence-corrected chi connectivity index (χ2v) is 5.70. The van der Waals surface area contributed by atoms with Crippen molar-refractivity contribution in [3.63, 3.8) is 0 Å². The fraction of sp³-hybridized carbons (Fsp3) is 0.105. The smallest absolute Gasteiger partial charge is 0.329 e. The van der Waals surface area contributed by atoms with E-state index in [1.54, 1.807) is 12.1 Å². The lowest BCUT2D eigenvalue weighted by Crippen LogP contribution is -2.34. The number of amides is 1. The molecule has 26 heavy (non-hydrogen) atoms. The Balaban J connectivity index is 1.86. The van der Waals surface area contributed by atoms with Crippen LogP contribution in [-0.4, -0.2) is 15.5 Å². The summed E-state index contributed by atoms with van der Waals surface area (Å²) in [6.07, 6.45) is 1.46. The van der Waals surface area contributed by atoms with Gasteiger partial charge in [0.15, 0.2) is 0 Å². The van der Waals surface area contributed by atoms with Crippen molar-refractivity contribution >= 4 is 16.8 Å². The van der Waals surface area contributed by atoms with Crippen LogP contribution in [0.3, 0.4) is 0 Å². The Bertz CT molecular complexity index is 1100. The maximum absolute atomic E-state index is 12.9. The Morgan fingerprint density at radius 2 is 1.92 bits per heavy atom. The molecule has 132 valence electrons. The number of aromatic amines is 1. The van der Waals surface area contributed by atoms with E-state index in [0.29, 0.717) is 10.9 Å². The number of aromatic nitrogens is 2. The highest BCUT2D eigenvalue weighted by molar-refractivity contribution is 5.97. The fourth-order valence-corrected chi connectivity index (χ4v) is 2.58. The number of allylic oxidation sites excluding steroid dienone is 1. The van der Waals surface area contributed by atoms with Crippen molar-refractivity contribution < 1.29 is 9.18 Å². The molecule has 3 rings (SSSR count). The predicted molar refractivity (Wildman–Crippen MR) is 96.6 cm³/mol. The average molecular weight is 353 g/mol. The van der Waals surface area contributed by atoms with Gasteiger partial charge in [0.1, 0.15) is 5.82 Å². The Kier molecular flexibility index (Phi) is 4.79. The molecule has 0 fully saturated rings. The van der Waals surface area contributed by atoms with E-state index in [2.05, 4.69) is 16.9 Å². The van der Waals surface area contributed by atoms with E-state index in [-0.39, 0.29) is 30.3 Å². The Morgan fingerprint density at radius 1 is 1.19 bits per heavy atom. The summed E-state index contributed by atoms with van der Waals surface area (Å²) in [5, 5.41) is 3.02. The van der Waals surface area contributed by atoms with E-state index in [0.717, 1.165) is 10.1 Å². The predicted octanol–water partition coefficient (Wildman–Crippen LogP) is 1.94. The minimum absolute atomic E-state index is 0.101. The lowest BCUT2D eigenvalue weighted by Gasteiger charge is -2.08. The van der Waals surface area contributed by atoms with Crippen molar-refractivity contribution in [2.45, 2.75) is 13.1 Å². The third-order valence-corrected chi connectivity index (χ3v) is 3.92. The van der Waals surface area contributed by atoms with Gasteiger partial charge in [0, 0.05) is 18.7 Å². The lowest BCUT2D eigenvalue weighted by molar-refractivity contribution is 0.0951. The molecule has 0 spiro atoms. The summed E-state index contributed by atoms with van der Waals surface area (Å²) in [5.74, 6) is -0.715. The van der Waals surface area contributed by atoms with Gasteiger partial charge in [-0.25, -0.2) is 9.18 Å². The molecule has 0 radical (unpaired) electrons. The van der Waals surface area contributed by atoms with Gasteiger partial charge in [-0.2, -0.15) is 0 Å². The molecule has 6 nitrogen and oxygen atoms in total. The standard InChI is InChI=1S/C19H16FN3O3/c1-2-9-23-18(25)15-8-5-13(10-16(15)22-19(23)26)17(24)21-11-12-3-6-14(20)7-4-12/h2-8,10H,1,9,11H2,(H,21,24)(H,22,26). The zero-order valence-electron chi connectivity index (χ0n) is 13.8. The summed E-state index contributed by atoms with van der Waals surface area (Å²) in [5.41, 5.74) is 0.334. The quantitative estimate of drug-likeness (QED) is 0.688. The van der Waals surface area contributed by atoms with Crippen molar-refractivity contribution in [3.8, 4) is 0 Å². The number of H-pyrrole nitrogens is 1. The van der Waals surface area contributed by atoms with Crippen LogP contribution in [0.4, 0.5) is 4.39 Å². The normalized spacial score (nSPS) is 10.7. The number of hydrogen-bond donors (Lipinski definition) is 2. The first-order valence-corrected chi connectivity index (χ1v) is 7.90. The molecule has 2 aromatic carbocycles. The van der Waals surface area contributed by atoms with Crippen molar-refractivity contribution in [3.05, 3.63) is 92.9 Å². The second kappa shape index (κ2) is 7.18. The maximum Gasteiger partial charge on any atom is 0.329 e. The molecular formula is C19H16FN3O3. The molecular weight excluding hydrogens is 337 g/mol. The van der Waals surface area contributed by atoms with Crippen LogP contribution >= 0.6 is 0 Å². The van der Waals surface area contributed by atoms with Crippen LogP contribution in [0.5, 0.6) is 0 Å². The van der Waals surface area contributed by atoms with E-state index < -0.39 is 11.2 Å². The number of fused-ring (bicyclic) bond motifs is 1. The highest BCUT2D eigenvalue weighted by Crippen LogP contribution is 2.10. The van der Waals surface area contributed by atoms with E-state index in [1.807, 2.05) is 0 Å². The van der Waals surface area contributed by atoms with Crippen LogP contribution < -0.4 is 16.6 Å². The highest BCUT2D eigenvalue weighted by Gasteiger charge is 2.11. The fourth-order valence-electron chi connectivity index (χ4n) is 2.58. The third-order valence-electron chi connectivity index (χ3n) is 3.92. The van der Waals surface area contributed by atoms with E-state index >= 15 is 0 Å². The summed E-state index contributed by atoms with van der Waals surface area (Å²) in [6, 6.07) is 10.3. The number of hydrogen-bond acceptors (Lipinski definition) is 3. The van der Waals surface area contributed by atoms with Crippen LogP contribution in [0, 0.1) is 5.82 Å². The molecule has 0 atom stereocenters. The van der Waals surface area contributed by atoms with Crippen molar-refractivity contribution in [2.75, 3.05) is 0 Å². The topological polar surface area (TPSA) is 84.0 Å². The highest BCUT2D eigenvalue weighted by atomic mass is 19.1. The Labute approximate surface area is 147 Å². The molecule has 0 aliphatic carbocycles. The van der Waals surface area contributed by atoms with Gasteiger partial charge < -0.3 is 10.3 Å². The van der Waals surface area contributed by atoms with E-state index in [4.69, 9.17) is 0 Å². The number of nitrogens with zero attached hydrogens (tertiary/aromatic N) is 1. The van der Waals surface area contributed by atoms with Gasteiger partial charge in [-0.05, 0) is 35.9 Å². The summed E-state index contributed by atoms with van der Waals surface area (Å²) in [6.45, 7) is 3.85. The molecule has 1 amide bonds. The Morgan fingerprint density at radius 3 is 2.62 bits per heavy atom. The van der Waals surface area contributed by atoms with Gasteiger partial charge in [-0.1, -0.05) is 18.2 Å². The first-order valence-electron chi connectivity index (χ1n) is 7.90. The minimum atomic E-state index is -0.564. The molecule has 0 saturated heterocycles. The van der Waals surface area contributed by atoms with Gasteiger partial charge in [0.05, 0.1) is 10.9 Å². The number of carbonyl (C=O) groups is 1. The van der Waals surface area contributed by atoms with Crippen LogP contribution in [0.15, 0.2) is 64.7 Å². The summed E-state index contributed by atoms with van der Waals surface area (Å²) in [7, 11) is 0. The summed E-state index contributed by atoms with van der Waals surface area (Å²) >= 11 is 0. The van der Waals surface area contributed by atoms with Crippen LogP contribution in [0.2, 0.25) is 0 Å². The average Bonchev–Trinajstić information content (AvgIpc) is 2.64. The molecule has 0 saturated carbocycles. The summed E-state index contributed by atoms with van der Waals surface area (Å²) < 4.78 is 13.9. The molecule has 1 aromatic heterocycles. The SMILES string of the molecule is C=CCn1c(=O)[nH]c2cc(C(=O)NCc3ccc(F)cc3)ccc2c1=O. The van der Waals surface area contributed by atoms with Gasteiger partial charge >= 0.3 is 5.69 Å². The van der Waals surface area contributed by atoms with Crippen LogP contribution in [0.25, 0.3) is 10.9 Å². The van der Waals surface area contributed by atoms with Crippen molar-refractivity contribution in [1.82, 2.24) is 14.9 Å². The minimum Gasteiger partial charge on any atom is -0.348 e.